The third kappa shape index (κ3) is 4.66. The van der Waals surface area contributed by atoms with Gasteiger partial charge in [-0.15, -0.1) is 5.10 Å². The summed E-state index contributed by atoms with van der Waals surface area (Å²) in [6.07, 6.45) is 0. The van der Waals surface area contributed by atoms with E-state index in [9.17, 15) is 14.0 Å². The third-order valence-electron chi connectivity index (χ3n) is 4.39. The molecule has 2 amide bonds. The smallest absolute Gasteiger partial charge is 0.276 e. The molecule has 2 aromatic carbocycles. The van der Waals surface area contributed by atoms with Crippen molar-refractivity contribution in [2.75, 3.05) is 18.9 Å². The molecule has 0 aliphatic heterocycles. The number of rotatable bonds is 5. The summed E-state index contributed by atoms with van der Waals surface area (Å²) in [5.74, 6) is -1.32. The molecule has 8 heteroatoms. The topological polar surface area (TPSA) is 80.1 Å². The number of benzene rings is 2. The summed E-state index contributed by atoms with van der Waals surface area (Å²) < 4.78 is 13.2. The summed E-state index contributed by atoms with van der Waals surface area (Å²) in [5.41, 5.74) is 3.85. The summed E-state index contributed by atoms with van der Waals surface area (Å²) >= 11 is 0. The van der Waals surface area contributed by atoms with E-state index in [0.717, 1.165) is 16.8 Å². The predicted molar refractivity (Wildman–Crippen MR) is 108 cm³/mol. The second-order valence-corrected chi connectivity index (χ2v) is 6.93. The summed E-state index contributed by atoms with van der Waals surface area (Å²) in [4.78, 5) is 27.6. The average Bonchev–Trinajstić information content (AvgIpc) is 3.02. The molecule has 0 bridgehead atoms. The zero-order chi connectivity index (χ0) is 21.1. The van der Waals surface area contributed by atoms with E-state index in [1.165, 1.54) is 34.9 Å². The molecule has 0 saturated carbocycles. The highest BCUT2D eigenvalue weighted by Crippen LogP contribution is 2.16. The minimum atomic E-state index is -0.453. The lowest BCUT2D eigenvalue weighted by Gasteiger charge is -2.15. The number of halogens is 1. The van der Waals surface area contributed by atoms with E-state index in [0.29, 0.717) is 11.4 Å². The van der Waals surface area contributed by atoms with Gasteiger partial charge in [-0.05, 0) is 50.6 Å². The molecule has 29 heavy (non-hydrogen) atoms. The standard InChI is InChI=1S/C21H22FN5O2/c1-13-8-9-18(14(2)10-13)27-24-15(3)20(25-27)21(29)26(4)12-19(28)23-17-7-5-6-16(22)11-17/h5-11H,12H2,1-4H3,(H,23,28). The number of nitrogens with zero attached hydrogens (tertiary/aromatic N) is 4. The maximum atomic E-state index is 13.2. The first-order valence-electron chi connectivity index (χ1n) is 9.07. The van der Waals surface area contributed by atoms with Crippen molar-refractivity contribution in [2.45, 2.75) is 20.8 Å². The fourth-order valence-electron chi connectivity index (χ4n) is 2.95. The van der Waals surface area contributed by atoms with Crippen LogP contribution in [-0.2, 0) is 4.79 Å². The SMILES string of the molecule is Cc1ccc(-n2nc(C)c(C(=O)N(C)CC(=O)Nc3cccc(F)c3)n2)c(C)c1. The monoisotopic (exact) mass is 395 g/mol. The molecule has 0 atom stereocenters. The lowest BCUT2D eigenvalue weighted by molar-refractivity contribution is -0.116. The minimum Gasteiger partial charge on any atom is -0.331 e. The third-order valence-corrected chi connectivity index (χ3v) is 4.39. The lowest BCUT2D eigenvalue weighted by Crippen LogP contribution is -2.35. The fourth-order valence-corrected chi connectivity index (χ4v) is 2.95. The molecule has 1 heterocycles. The second-order valence-electron chi connectivity index (χ2n) is 6.93. The number of carbonyl (C=O) groups is 2. The van der Waals surface area contributed by atoms with Crippen LogP contribution in [0.2, 0.25) is 0 Å². The Kier molecular flexibility index (Phi) is 5.72. The molecule has 0 unspecified atom stereocenters. The highest BCUT2D eigenvalue weighted by molar-refractivity contribution is 5.98. The number of nitrogens with one attached hydrogen (secondary N) is 1. The van der Waals surface area contributed by atoms with Gasteiger partial charge < -0.3 is 10.2 Å². The van der Waals surface area contributed by atoms with Gasteiger partial charge in [-0.1, -0.05) is 23.8 Å². The van der Waals surface area contributed by atoms with Crippen molar-refractivity contribution in [3.8, 4) is 5.69 Å². The maximum absolute atomic E-state index is 13.2. The van der Waals surface area contributed by atoms with Crippen LogP contribution in [0, 0.1) is 26.6 Å². The average molecular weight is 395 g/mol. The normalized spacial score (nSPS) is 10.7. The molecular weight excluding hydrogens is 373 g/mol. The van der Waals surface area contributed by atoms with Gasteiger partial charge in [0.05, 0.1) is 17.9 Å². The molecule has 7 nitrogen and oxygen atoms in total. The van der Waals surface area contributed by atoms with E-state index < -0.39 is 17.6 Å². The molecule has 0 saturated heterocycles. The molecule has 0 aliphatic carbocycles. The van der Waals surface area contributed by atoms with E-state index >= 15 is 0 Å². The second kappa shape index (κ2) is 8.22. The van der Waals surface area contributed by atoms with Crippen molar-refractivity contribution < 1.29 is 14.0 Å². The Balaban J connectivity index is 1.72. The summed E-state index contributed by atoms with van der Waals surface area (Å²) in [7, 11) is 1.50. The van der Waals surface area contributed by atoms with Gasteiger partial charge >= 0.3 is 0 Å². The maximum Gasteiger partial charge on any atom is 0.276 e. The molecule has 0 aliphatic rings. The molecule has 150 valence electrons. The van der Waals surface area contributed by atoms with E-state index in [-0.39, 0.29) is 12.2 Å². The number of amides is 2. The predicted octanol–water partition coefficient (Wildman–Crippen LogP) is 3.04. The summed E-state index contributed by atoms with van der Waals surface area (Å²) in [6, 6.07) is 11.4. The van der Waals surface area contributed by atoms with Crippen LogP contribution in [0.3, 0.4) is 0 Å². The Morgan fingerprint density at radius 1 is 1.10 bits per heavy atom. The molecule has 0 spiro atoms. The van der Waals surface area contributed by atoms with Crippen LogP contribution in [0.5, 0.6) is 0 Å². The molecular formula is C21H22FN5O2. The number of carbonyl (C=O) groups excluding carboxylic acids is 2. The molecule has 1 aromatic heterocycles. The first-order valence-corrected chi connectivity index (χ1v) is 9.07. The summed E-state index contributed by atoms with van der Waals surface area (Å²) in [6.45, 7) is 5.44. The number of hydrogen-bond donors (Lipinski definition) is 1. The molecule has 0 radical (unpaired) electrons. The van der Waals surface area contributed by atoms with Crippen molar-refractivity contribution in [3.05, 3.63) is 70.8 Å². The number of anilines is 1. The van der Waals surface area contributed by atoms with Crippen molar-refractivity contribution in [1.29, 1.82) is 0 Å². The fraction of sp³-hybridized carbons (Fsp3) is 0.238. The van der Waals surface area contributed by atoms with Gasteiger partial charge in [-0.3, -0.25) is 9.59 Å². The van der Waals surface area contributed by atoms with Crippen LogP contribution >= 0.6 is 0 Å². The van der Waals surface area contributed by atoms with Gasteiger partial charge in [0.25, 0.3) is 5.91 Å². The van der Waals surface area contributed by atoms with Crippen molar-refractivity contribution in [1.82, 2.24) is 19.9 Å². The minimum absolute atomic E-state index is 0.172. The Hall–Kier alpha value is -3.55. The van der Waals surface area contributed by atoms with Crippen LogP contribution in [0.25, 0.3) is 5.69 Å². The highest BCUT2D eigenvalue weighted by atomic mass is 19.1. The van der Waals surface area contributed by atoms with Crippen molar-refractivity contribution >= 4 is 17.5 Å². The van der Waals surface area contributed by atoms with E-state index in [4.69, 9.17) is 0 Å². The van der Waals surface area contributed by atoms with Gasteiger partial charge in [0.2, 0.25) is 5.91 Å². The quantitative estimate of drug-likeness (QED) is 0.720. The van der Waals surface area contributed by atoms with Crippen LogP contribution in [0.4, 0.5) is 10.1 Å². The number of hydrogen-bond acceptors (Lipinski definition) is 4. The van der Waals surface area contributed by atoms with Crippen LogP contribution in [0.1, 0.15) is 27.3 Å². The van der Waals surface area contributed by atoms with Crippen LogP contribution in [-0.4, -0.2) is 45.3 Å². The van der Waals surface area contributed by atoms with Crippen LogP contribution < -0.4 is 5.32 Å². The largest absolute Gasteiger partial charge is 0.331 e. The Labute approximate surface area is 168 Å². The molecule has 3 aromatic rings. The van der Waals surface area contributed by atoms with Gasteiger partial charge in [0.15, 0.2) is 5.69 Å². The van der Waals surface area contributed by atoms with E-state index in [1.807, 2.05) is 32.0 Å². The molecule has 3 rings (SSSR count). The van der Waals surface area contributed by atoms with Crippen molar-refractivity contribution in [2.24, 2.45) is 0 Å². The Morgan fingerprint density at radius 3 is 2.55 bits per heavy atom. The lowest BCUT2D eigenvalue weighted by atomic mass is 10.1. The van der Waals surface area contributed by atoms with Gasteiger partial charge in [-0.25, -0.2) is 4.39 Å². The highest BCUT2D eigenvalue weighted by Gasteiger charge is 2.22. The Morgan fingerprint density at radius 2 is 1.86 bits per heavy atom. The van der Waals surface area contributed by atoms with Gasteiger partial charge in [0.1, 0.15) is 5.82 Å². The van der Waals surface area contributed by atoms with E-state index in [2.05, 4.69) is 15.5 Å². The van der Waals surface area contributed by atoms with Crippen LogP contribution in [0.15, 0.2) is 42.5 Å². The first kappa shape index (κ1) is 20.2. The van der Waals surface area contributed by atoms with Gasteiger partial charge in [-0.2, -0.15) is 9.90 Å². The number of aromatic nitrogens is 3. The number of aryl methyl sites for hydroxylation is 3. The number of likely N-dealkylation sites (N-methyl/N-ethyl adjacent to an activating group) is 1. The first-order chi connectivity index (χ1) is 13.7. The molecule has 1 N–H and O–H groups in total. The zero-order valence-electron chi connectivity index (χ0n) is 16.7. The van der Waals surface area contributed by atoms with Crippen molar-refractivity contribution in [3.63, 3.8) is 0 Å². The zero-order valence-corrected chi connectivity index (χ0v) is 16.7. The van der Waals surface area contributed by atoms with E-state index in [1.54, 1.807) is 13.0 Å². The summed E-state index contributed by atoms with van der Waals surface area (Å²) in [5, 5.41) is 11.2. The Bertz CT molecular complexity index is 1080. The molecule has 0 fully saturated rings. The van der Waals surface area contributed by atoms with Gasteiger partial charge in [0, 0.05) is 12.7 Å².